The molecule has 180 valence electrons. The zero-order valence-corrected chi connectivity index (χ0v) is 21.5. The molecular formula is C23H50N4O2S. The van der Waals surface area contributed by atoms with Crippen molar-refractivity contribution in [2.24, 2.45) is 0 Å². The maximum atomic E-state index is 10.6. The highest BCUT2D eigenvalue weighted by atomic mass is 32.1. The predicted octanol–water partition coefficient (Wildman–Crippen LogP) is 5.14. The van der Waals surface area contributed by atoms with E-state index in [4.69, 9.17) is 0 Å². The fourth-order valence-electron chi connectivity index (χ4n) is 0.828. The van der Waals surface area contributed by atoms with Crippen molar-refractivity contribution >= 4 is 24.4 Å². The van der Waals surface area contributed by atoms with Gasteiger partial charge in [0.2, 0.25) is 11.8 Å². The Balaban J connectivity index is -0.0000000635. The minimum atomic E-state index is -0.00755. The van der Waals surface area contributed by atoms with Gasteiger partial charge in [0, 0.05) is 25.9 Å². The molecular weight excluding hydrogens is 396 g/mol. The largest absolute Gasteiger partial charge is 0.292 e. The molecule has 0 unspecified atom stereocenters. The molecule has 6 nitrogen and oxygen atoms in total. The van der Waals surface area contributed by atoms with Crippen LogP contribution in [0.25, 0.3) is 0 Å². The summed E-state index contributed by atoms with van der Waals surface area (Å²) < 4.78 is 0. The van der Waals surface area contributed by atoms with E-state index in [9.17, 15) is 9.59 Å². The second kappa shape index (κ2) is 56.4. The maximum absolute atomic E-state index is 10.6. The number of thiol groups is 1. The quantitative estimate of drug-likeness (QED) is 0.203. The highest BCUT2D eigenvalue weighted by Gasteiger charge is 1.94. The van der Waals surface area contributed by atoms with Gasteiger partial charge in [0.05, 0.1) is 0 Å². The van der Waals surface area contributed by atoms with Crippen LogP contribution in [0.15, 0.2) is 50.6 Å². The summed E-state index contributed by atoms with van der Waals surface area (Å²) in [5.74, 6) is 0.656. The van der Waals surface area contributed by atoms with Crippen LogP contribution in [0.1, 0.15) is 67.7 Å². The molecule has 0 rings (SSSR count). The minimum Gasteiger partial charge on any atom is -0.292 e. The van der Waals surface area contributed by atoms with E-state index in [2.05, 4.69) is 60.6 Å². The fraction of sp³-hybridized carbons (Fsp3) is 0.565. The minimum absolute atomic E-state index is 0.00755. The van der Waals surface area contributed by atoms with Crippen LogP contribution in [-0.2, 0) is 9.59 Å². The second-order valence-corrected chi connectivity index (χ2v) is 5.46. The van der Waals surface area contributed by atoms with Crippen molar-refractivity contribution in [3.05, 3.63) is 50.6 Å². The van der Waals surface area contributed by atoms with Gasteiger partial charge in [-0.1, -0.05) is 45.1 Å². The number of hydrazine groups is 2. The molecule has 0 aliphatic carbocycles. The van der Waals surface area contributed by atoms with Crippen LogP contribution in [0, 0.1) is 0 Å². The third kappa shape index (κ3) is 112. The van der Waals surface area contributed by atoms with Gasteiger partial charge in [-0.25, -0.2) is 10.9 Å². The number of hydrogen-bond donors (Lipinski definition) is 5. The molecule has 0 bridgehead atoms. The van der Waals surface area contributed by atoms with Crippen molar-refractivity contribution in [2.75, 3.05) is 18.8 Å². The van der Waals surface area contributed by atoms with Gasteiger partial charge in [-0.05, 0) is 39.9 Å². The molecule has 0 saturated carbocycles. The summed E-state index contributed by atoms with van der Waals surface area (Å²) in [4.78, 5) is 21.2. The lowest BCUT2D eigenvalue weighted by molar-refractivity contribution is -0.122. The number of amides is 2. The van der Waals surface area contributed by atoms with Crippen molar-refractivity contribution in [1.29, 1.82) is 0 Å². The average molecular weight is 447 g/mol. The van der Waals surface area contributed by atoms with Crippen LogP contribution in [-0.4, -0.2) is 30.7 Å². The number of hydrogen-bond acceptors (Lipinski definition) is 5. The van der Waals surface area contributed by atoms with Crippen molar-refractivity contribution in [3.63, 3.8) is 0 Å². The molecule has 0 aromatic heterocycles. The molecule has 0 saturated heterocycles. The topological polar surface area (TPSA) is 82.3 Å². The number of carbonyl (C=O) groups excluding carboxylic acids is 2. The number of allylic oxidation sites excluding steroid dienone is 4. The smallest absolute Gasteiger partial charge is 0.234 e. The molecule has 7 heteroatoms. The van der Waals surface area contributed by atoms with Crippen molar-refractivity contribution in [3.8, 4) is 0 Å². The Morgan fingerprint density at radius 3 is 1.17 bits per heavy atom. The van der Waals surface area contributed by atoms with E-state index in [1.807, 2.05) is 48.5 Å². The van der Waals surface area contributed by atoms with E-state index >= 15 is 0 Å². The van der Waals surface area contributed by atoms with Crippen LogP contribution in [0.3, 0.4) is 0 Å². The molecule has 2 amide bonds. The predicted molar refractivity (Wildman–Crippen MR) is 141 cm³/mol. The Bertz CT molecular complexity index is 317. The SMILES string of the molecule is C=CC.C=CC.C=CC.C=CC.CCCC(=O)NNCC.CCNNC(=O)CCS. The van der Waals surface area contributed by atoms with E-state index < -0.39 is 0 Å². The van der Waals surface area contributed by atoms with Gasteiger partial charge in [-0.2, -0.15) is 12.6 Å². The van der Waals surface area contributed by atoms with Gasteiger partial charge in [-0.3, -0.25) is 20.4 Å². The van der Waals surface area contributed by atoms with Gasteiger partial charge in [0.1, 0.15) is 0 Å². The van der Waals surface area contributed by atoms with Gasteiger partial charge >= 0.3 is 0 Å². The maximum Gasteiger partial charge on any atom is 0.234 e. The Morgan fingerprint density at radius 1 is 0.700 bits per heavy atom. The monoisotopic (exact) mass is 446 g/mol. The summed E-state index contributed by atoms with van der Waals surface area (Å²) in [5, 5.41) is 0. The zero-order chi connectivity index (χ0) is 25.1. The fourth-order valence-corrected chi connectivity index (χ4v) is 1.03. The molecule has 0 fully saturated rings. The van der Waals surface area contributed by atoms with Crippen molar-refractivity contribution in [2.45, 2.75) is 67.7 Å². The molecule has 0 radical (unpaired) electrons. The highest BCUT2D eigenvalue weighted by Crippen LogP contribution is 1.82. The van der Waals surface area contributed by atoms with Gasteiger partial charge < -0.3 is 0 Å². The Hall–Kier alpha value is -1.83. The van der Waals surface area contributed by atoms with Gasteiger partial charge in [-0.15, -0.1) is 26.3 Å². The molecule has 0 heterocycles. The molecule has 0 spiro atoms. The molecule has 4 N–H and O–H groups in total. The molecule has 0 aliphatic rings. The second-order valence-electron chi connectivity index (χ2n) is 5.01. The number of rotatable bonds is 8. The summed E-state index contributed by atoms with van der Waals surface area (Å²) in [6, 6.07) is 0. The third-order valence-electron chi connectivity index (χ3n) is 1.63. The van der Waals surface area contributed by atoms with Crippen molar-refractivity contribution in [1.82, 2.24) is 21.7 Å². The lowest BCUT2D eigenvalue weighted by Gasteiger charge is -2.01. The van der Waals surface area contributed by atoms with Gasteiger partial charge in [0.15, 0.2) is 0 Å². The van der Waals surface area contributed by atoms with Crippen LogP contribution in [0.4, 0.5) is 0 Å². The van der Waals surface area contributed by atoms with E-state index in [-0.39, 0.29) is 11.8 Å². The molecule has 0 atom stereocenters. The average Bonchev–Trinajstić information content (AvgIpc) is 2.68. The van der Waals surface area contributed by atoms with Crippen molar-refractivity contribution < 1.29 is 9.59 Å². The number of carbonyl (C=O) groups is 2. The van der Waals surface area contributed by atoms with Crippen LogP contribution in [0.5, 0.6) is 0 Å². The zero-order valence-electron chi connectivity index (χ0n) is 20.6. The summed E-state index contributed by atoms with van der Waals surface area (Å²) >= 11 is 3.89. The Labute approximate surface area is 193 Å². The number of nitrogens with one attached hydrogen (secondary N) is 4. The molecule has 30 heavy (non-hydrogen) atoms. The first-order chi connectivity index (χ1) is 14.3. The molecule has 0 aromatic carbocycles. The van der Waals surface area contributed by atoms with E-state index in [0.29, 0.717) is 18.6 Å². The van der Waals surface area contributed by atoms with Crippen LogP contribution >= 0.6 is 12.6 Å². The third-order valence-corrected chi connectivity index (χ3v) is 1.85. The standard InChI is InChI=1S/C6H14N2O.C5H12N2OS.4C3H6/c1-3-5-6(9)8-7-4-2;1-2-6-7-5(8)3-4-9;4*1-3-2/h7H,3-5H2,1-2H3,(H,8,9);6,9H,2-4H2,1H3,(H,7,8);4*3H,1H2,2H3. The van der Waals surface area contributed by atoms with Crippen LogP contribution in [0.2, 0.25) is 0 Å². The summed E-state index contributed by atoms with van der Waals surface area (Å²) in [6.07, 6.45) is 8.97. The lowest BCUT2D eigenvalue weighted by atomic mass is 10.3. The Morgan fingerprint density at radius 2 is 0.967 bits per heavy atom. The first-order valence-corrected chi connectivity index (χ1v) is 10.8. The Kier molecular flexibility index (Phi) is 79.5. The van der Waals surface area contributed by atoms with E-state index in [0.717, 1.165) is 19.5 Å². The van der Waals surface area contributed by atoms with E-state index in [1.54, 1.807) is 24.3 Å². The lowest BCUT2D eigenvalue weighted by Crippen LogP contribution is -2.37. The normalized spacial score (nSPS) is 7.20. The summed E-state index contributed by atoms with van der Waals surface area (Å²) in [5.41, 5.74) is 10.5. The van der Waals surface area contributed by atoms with Crippen LogP contribution < -0.4 is 21.7 Å². The van der Waals surface area contributed by atoms with Gasteiger partial charge in [0.25, 0.3) is 0 Å². The summed E-state index contributed by atoms with van der Waals surface area (Å²) in [6.45, 7) is 28.4. The first kappa shape index (κ1) is 42.3. The first-order valence-electron chi connectivity index (χ1n) is 10.2. The molecule has 0 aliphatic heterocycles. The molecule has 0 aromatic rings. The van der Waals surface area contributed by atoms with E-state index in [1.165, 1.54) is 0 Å². The highest BCUT2D eigenvalue weighted by molar-refractivity contribution is 7.80. The summed E-state index contributed by atoms with van der Waals surface area (Å²) in [7, 11) is 0.